The number of rotatable bonds is 4. The second-order valence-electron chi connectivity index (χ2n) is 7.66. The Bertz CT molecular complexity index is 1360. The van der Waals surface area contributed by atoms with Crippen molar-refractivity contribution in [3.63, 3.8) is 0 Å². The number of benzene rings is 2. The Kier molecular flexibility index (Phi) is 5.81. The molecule has 0 N–H and O–H groups in total. The minimum absolute atomic E-state index is 0.206. The van der Waals surface area contributed by atoms with Gasteiger partial charge in [0.1, 0.15) is 6.33 Å². The molecule has 0 atom stereocenters. The molecule has 0 spiro atoms. The van der Waals surface area contributed by atoms with Crippen LogP contribution in [-0.4, -0.2) is 75.0 Å². The highest BCUT2D eigenvalue weighted by Crippen LogP contribution is 2.25. The number of fused-ring (bicyclic) bond motifs is 1. The average molecular weight is 478 g/mol. The molecular formula is C23H20ClN7O3. The van der Waals surface area contributed by atoms with E-state index in [1.807, 2.05) is 12.1 Å². The number of carbonyl (C=O) groups excluding carboxylic acids is 2. The topological polar surface area (TPSA) is 106 Å². The molecule has 0 aliphatic carbocycles. The van der Waals surface area contributed by atoms with Crippen LogP contribution < -0.4 is 4.90 Å². The Morgan fingerprint density at radius 3 is 2.35 bits per heavy atom. The molecular weight excluding hydrogens is 458 g/mol. The first-order chi connectivity index (χ1) is 16.6. The fourth-order valence-corrected chi connectivity index (χ4v) is 4.10. The van der Waals surface area contributed by atoms with E-state index in [0.717, 1.165) is 5.69 Å². The summed E-state index contributed by atoms with van der Waals surface area (Å²) in [5, 5.41) is 9.20. The van der Waals surface area contributed by atoms with Crippen molar-refractivity contribution in [3.05, 3.63) is 71.0 Å². The van der Waals surface area contributed by atoms with Crippen molar-refractivity contribution >= 4 is 40.5 Å². The molecule has 2 aromatic heterocycles. The molecule has 10 nitrogen and oxygen atoms in total. The molecule has 0 unspecified atom stereocenters. The third-order valence-electron chi connectivity index (χ3n) is 5.72. The fourth-order valence-electron chi connectivity index (χ4n) is 3.97. The summed E-state index contributed by atoms with van der Waals surface area (Å²) in [6.45, 7) is 2.02. The number of hydrogen-bond donors (Lipinski definition) is 0. The lowest BCUT2D eigenvalue weighted by Gasteiger charge is -2.35. The Labute approximate surface area is 199 Å². The number of piperazine rings is 1. The van der Waals surface area contributed by atoms with Crippen molar-refractivity contribution in [2.24, 2.45) is 0 Å². The lowest BCUT2D eigenvalue weighted by Crippen LogP contribution is -2.49. The van der Waals surface area contributed by atoms with Gasteiger partial charge in [0.05, 0.1) is 23.9 Å². The number of anilines is 1. The molecule has 0 radical (unpaired) electrons. The number of hydrogen-bond acceptors (Lipinski definition) is 8. The molecule has 1 saturated heterocycles. The maximum Gasteiger partial charge on any atom is 0.338 e. The van der Waals surface area contributed by atoms with E-state index in [4.69, 9.17) is 16.3 Å². The average Bonchev–Trinajstić information content (AvgIpc) is 3.33. The molecule has 3 heterocycles. The van der Waals surface area contributed by atoms with Crippen molar-refractivity contribution in [2.75, 3.05) is 38.2 Å². The van der Waals surface area contributed by atoms with Gasteiger partial charge in [0, 0.05) is 31.2 Å². The molecule has 1 aliphatic rings. The van der Waals surface area contributed by atoms with Gasteiger partial charge in [-0.05, 0) is 36.4 Å². The van der Waals surface area contributed by atoms with Crippen LogP contribution in [-0.2, 0) is 4.74 Å². The predicted octanol–water partition coefficient (Wildman–Crippen LogP) is 2.61. The highest BCUT2D eigenvalue weighted by molar-refractivity contribution is 6.30. The Hall–Kier alpha value is -4.05. The molecule has 34 heavy (non-hydrogen) atoms. The fraction of sp³-hybridized carbons (Fsp3) is 0.217. The molecule has 2 aromatic carbocycles. The zero-order chi connectivity index (χ0) is 23.7. The van der Waals surface area contributed by atoms with Crippen molar-refractivity contribution < 1.29 is 14.3 Å². The first kappa shape index (κ1) is 21.8. The number of halogens is 1. The molecule has 1 fully saturated rings. The summed E-state index contributed by atoms with van der Waals surface area (Å²) in [4.78, 5) is 37.8. The maximum atomic E-state index is 13.1. The molecule has 4 aromatic rings. The van der Waals surface area contributed by atoms with Crippen molar-refractivity contribution in [2.45, 2.75) is 0 Å². The first-order valence-electron chi connectivity index (χ1n) is 10.6. The molecule has 0 saturated carbocycles. The minimum atomic E-state index is -0.533. The van der Waals surface area contributed by atoms with E-state index in [2.05, 4.69) is 25.2 Å². The second kappa shape index (κ2) is 9.06. The monoisotopic (exact) mass is 477 g/mol. The highest BCUT2D eigenvalue weighted by Gasteiger charge is 2.27. The maximum absolute atomic E-state index is 13.1. The van der Waals surface area contributed by atoms with Crippen LogP contribution in [0.2, 0.25) is 5.02 Å². The standard InChI is InChI=1S/C23H20ClN7O3/c1-34-23(33)18-5-3-2-4-17(18)22(32)30-12-10-29(11-13-30)20-19-21(26-14-25-20)31(28-27-19)16-8-6-15(24)7-9-16/h2-9,14H,10-13H2,1H3. The zero-order valence-electron chi connectivity index (χ0n) is 18.3. The molecule has 5 rings (SSSR count). The molecule has 172 valence electrons. The lowest BCUT2D eigenvalue weighted by atomic mass is 10.1. The largest absolute Gasteiger partial charge is 0.465 e. The molecule has 0 bridgehead atoms. The van der Waals surface area contributed by atoms with Crippen molar-refractivity contribution in [1.82, 2.24) is 29.9 Å². The number of amides is 1. The van der Waals surface area contributed by atoms with Gasteiger partial charge in [-0.2, -0.15) is 4.68 Å². The van der Waals surface area contributed by atoms with E-state index in [-0.39, 0.29) is 11.5 Å². The first-order valence-corrected chi connectivity index (χ1v) is 11.0. The van der Waals surface area contributed by atoms with E-state index in [1.165, 1.54) is 13.4 Å². The summed E-state index contributed by atoms with van der Waals surface area (Å²) in [5.74, 6) is -0.0795. The Morgan fingerprint density at radius 2 is 1.65 bits per heavy atom. The van der Waals surface area contributed by atoms with E-state index in [1.54, 1.807) is 46.0 Å². The van der Waals surface area contributed by atoms with Crippen LogP contribution in [0, 0.1) is 0 Å². The van der Waals surface area contributed by atoms with Crippen molar-refractivity contribution in [1.29, 1.82) is 0 Å². The van der Waals surface area contributed by atoms with Gasteiger partial charge < -0.3 is 14.5 Å². The predicted molar refractivity (Wildman–Crippen MR) is 125 cm³/mol. The third kappa shape index (κ3) is 3.92. The smallest absolute Gasteiger partial charge is 0.338 e. The van der Waals surface area contributed by atoms with Crippen LogP contribution in [0.5, 0.6) is 0 Å². The normalized spacial score (nSPS) is 13.8. The van der Waals surface area contributed by atoms with Gasteiger partial charge in [-0.1, -0.05) is 28.9 Å². The van der Waals surface area contributed by atoms with Gasteiger partial charge in [-0.15, -0.1) is 5.10 Å². The molecule has 1 aliphatic heterocycles. The van der Waals surface area contributed by atoms with Gasteiger partial charge in [-0.25, -0.2) is 14.8 Å². The number of aromatic nitrogens is 5. The Balaban J connectivity index is 1.36. The summed E-state index contributed by atoms with van der Waals surface area (Å²) < 4.78 is 6.46. The van der Waals surface area contributed by atoms with Gasteiger partial charge >= 0.3 is 5.97 Å². The van der Waals surface area contributed by atoms with E-state index in [0.29, 0.717) is 53.7 Å². The zero-order valence-corrected chi connectivity index (χ0v) is 19.0. The van der Waals surface area contributed by atoms with Crippen LogP contribution >= 0.6 is 11.6 Å². The summed E-state index contributed by atoms with van der Waals surface area (Å²) in [5.41, 5.74) is 2.54. The number of esters is 1. The van der Waals surface area contributed by atoms with E-state index >= 15 is 0 Å². The summed E-state index contributed by atoms with van der Waals surface area (Å²) >= 11 is 5.99. The number of methoxy groups -OCH3 is 1. The molecule has 11 heteroatoms. The minimum Gasteiger partial charge on any atom is -0.465 e. The second-order valence-corrected chi connectivity index (χ2v) is 8.10. The van der Waals surface area contributed by atoms with Gasteiger partial charge in [0.2, 0.25) is 0 Å². The van der Waals surface area contributed by atoms with Crippen molar-refractivity contribution in [3.8, 4) is 5.69 Å². The number of nitrogens with zero attached hydrogens (tertiary/aromatic N) is 7. The van der Waals surface area contributed by atoms with Crippen LogP contribution in [0.1, 0.15) is 20.7 Å². The van der Waals surface area contributed by atoms with Gasteiger partial charge in [-0.3, -0.25) is 4.79 Å². The summed E-state index contributed by atoms with van der Waals surface area (Å²) in [6, 6.07) is 13.9. The SMILES string of the molecule is COC(=O)c1ccccc1C(=O)N1CCN(c2ncnc3c2nnn3-c2ccc(Cl)cc2)CC1. The van der Waals surface area contributed by atoms with E-state index < -0.39 is 5.97 Å². The Morgan fingerprint density at radius 1 is 0.941 bits per heavy atom. The van der Waals surface area contributed by atoms with Gasteiger partial charge in [0.25, 0.3) is 5.91 Å². The lowest BCUT2D eigenvalue weighted by molar-refractivity contribution is 0.0589. The molecule has 1 amide bonds. The quantitative estimate of drug-likeness (QED) is 0.413. The highest BCUT2D eigenvalue weighted by atomic mass is 35.5. The number of carbonyl (C=O) groups is 2. The van der Waals surface area contributed by atoms with E-state index in [9.17, 15) is 9.59 Å². The summed E-state index contributed by atoms with van der Waals surface area (Å²) in [6.07, 6.45) is 1.48. The van der Waals surface area contributed by atoms with Crippen LogP contribution in [0.4, 0.5) is 5.82 Å². The van der Waals surface area contributed by atoms with Crippen LogP contribution in [0.15, 0.2) is 54.9 Å². The van der Waals surface area contributed by atoms with Gasteiger partial charge in [0.15, 0.2) is 17.0 Å². The van der Waals surface area contributed by atoms with Crippen LogP contribution in [0.25, 0.3) is 16.9 Å². The summed E-state index contributed by atoms with van der Waals surface area (Å²) in [7, 11) is 1.30. The number of ether oxygens (including phenoxy) is 1. The van der Waals surface area contributed by atoms with Crippen LogP contribution in [0.3, 0.4) is 0 Å². The third-order valence-corrected chi connectivity index (χ3v) is 5.97.